The number of anilines is 1. The van der Waals surface area contributed by atoms with Gasteiger partial charge in [0.05, 0.1) is 6.39 Å². The van der Waals surface area contributed by atoms with Crippen molar-refractivity contribution in [2.45, 2.75) is 19.9 Å². The van der Waals surface area contributed by atoms with Gasteiger partial charge in [0.1, 0.15) is 5.82 Å². The van der Waals surface area contributed by atoms with E-state index in [-0.39, 0.29) is 0 Å². The van der Waals surface area contributed by atoms with Crippen molar-refractivity contribution in [3.63, 3.8) is 0 Å². The minimum atomic E-state index is -0.718. The van der Waals surface area contributed by atoms with Crippen molar-refractivity contribution in [3.8, 4) is 0 Å². The van der Waals surface area contributed by atoms with E-state index < -0.39 is 6.02 Å². The van der Waals surface area contributed by atoms with Crippen LogP contribution in [-0.4, -0.2) is 11.0 Å². The fourth-order valence-electron chi connectivity index (χ4n) is 0.739. The number of rotatable bonds is 2. The first-order chi connectivity index (χ1) is 5.88. The Labute approximate surface area is 92.3 Å². The minimum Gasteiger partial charge on any atom is -0.368 e. The highest BCUT2D eigenvalue weighted by Gasteiger charge is 2.00. The molecule has 1 aromatic heterocycles. The molecule has 0 aliphatic carbocycles. The van der Waals surface area contributed by atoms with Crippen molar-refractivity contribution in [3.05, 3.63) is 20.9 Å². The molecule has 0 unspecified atom stereocenters. The average Bonchev–Trinajstić information content (AvgIpc) is 1.94. The molecule has 0 spiro atoms. The van der Waals surface area contributed by atoms with E-state index in [1.54, 1.807) is 20.0 Å². The number of hydrogen-bond acceptors (Lipinski definition) is 2. The highest BCUT2D eigenvalue weighted by atomic mass is 127. The summed E-state index contributed by atoms with van der Waals surface area (Å²) in [5, 5.41) is 3.57. The van der Waals surface area contributed by atoms with Gasteiger partial charge in [-0.2, -0.15) is 0 Å². The number of hydrogen-bond donors (Lipinski definition) is 1. The fraction of sp³-hybridized carbons (Fsp3) is 0.375. The lowest BCUT2D eigenvalue weighted by atomic mass is 10.4. The van der Waals surface area contributed by atoms with E-state index >= 15 is 0 Å². The molecule has 12 heavy (non-hydrogen) atoms. The predicted molar refractivity (Wildman–Crippen MR) is 60.7 cm³/mol. The van der Waals surface area contributed by atoms with Crippen molar-refractivity contribution in [2.75, 3.05) is 5.32 Å². The molecule has 0 amide bonds. The first kappa shape index (κ1) is 8.56. The predicted octanol–water partition coefficient (Wildman–Crippen LogP) is 3.16. The Balaban J connectivity index is 2.86. The highest BCUT2D eigenvalue weighted by molar-refractivity contribution is 14.1. The van der Waals surface area contributed by atoms with Crippen LogP contribution in [0.25, 0.3) is 0 Å². The molecule has 0 aliphatic rings. The summed E-state index contributed by atoms with van der Waals surface area (Å²) in [6.07, 6.45) is 1.58. The fourth-order valence-corrected chi connectivity index (χ4v) is 1.28. The SMILES string of the molecule is [2H]C(C)(C)Nc1cc(I)c(Cl)cn1. The van der Waals surface area contributed by atoms with Gasteiger partial charge in [0, 0.05) is 15.8 Å². The molecule has 0 atom stereocenters. The lowest BCUT2D eigenvalue weighted by molar-refractivity contribution is 0.889. The lowest BCUT2D eigenvalue weighted by Crippen LogP contribution is -2.10. The van der Waals surface area contributed by atoms with Gasteiger partial charge >= 0.3 is 0 Å². The number of aromatic nitrogens is 1. The molecule has 0 radical (unpaired) electrons. The zero-order chi connectivity index (χ0) is 10.1. The van der Waals surface area contributed by atoms with E-state index in [2.05, 4.69) is 32.9 Å². The molecule has 1 heterocycles. The van der Waals surface area contributed by atoms with Crippen LogP contribution in [0.3, 0.4) is 0 Å². The summed E-state index contributed by atoms with van der Waals surface area (Å²) >= 11 is 7.94. The van der Waals surface area contributed by atoms with Crippen LogP contribution in [0.15, 0.2) is 12.3 Å². The molecule has 0 aliphatic heterocycles. The van der Waals surface area contributed by atoms with Gasteiger partial charge in [0.2, 0.25) is 0 Å². The highest BCUT2D eigenvalue weighted by Crippen LogP contribution is 2.19. The summed E-state index contributed by atoms with van der Waals surface area (Å²) in [5.74, 6) is 0.675. The second kappa shape index (κ2) is 4.28. The van der Waals surface area contributed by atoms with Gasteiger partial charge in [0.25, 0.3) is 0 Å². The zero-order valence-corrected chi connectivity index (χ0v) is 9.77. The molecule has 0 saturated heterocycles. The molecule has 2 nitrogen and oxygen atoms in total. The standard InChI is InChI=1S/C8H10ClIN2/c1-5(2)12-8-3-7(10)6(9)4-11-8/h3-5H,1-2H3,(H,11,12)/i5D. The maximum atomic E-state index is 7.61. The molecule has 1 N–H and O–H groups in total. The van der Waals surface area contributed by atoms with E-state index in [0.29, 0.717) is 10.8 Å². The Morgan fingerprint density at radius 3 is 2.92 bits per heavy atom. The van der Waals surface area contributed by atoms with Crippen LogP contribution in [0.1, 0.15) is 15.2 Å². The molecule has 0 bridgehead atoms. The van der Waals surface area contributed by atoms with Crippen LogP contribution in [0, 0.1) is 3.57 Å². The van der Waals surface area contributed by atoms with E-state index in [9.17, 15) is 0 Å². The third-order valence-electron chi connectivity index (χ3n) is 1.19. The topological polar surface area (TPSA) is 24.9 Å². The minimum absolute atomic E-state index is 0.633. The Morgan fingerprint density at radius 2 is 2.42 bits per heavy atom. The Morgan fingerprint density at radius 1 is 1.75 bits per heavy atom. The van der Waals surface area contributed by atoms with Gasteiger partial charge in [0.15, 0.2) is 0 Å². The lowest BCUT2D eigenvalue weighted by Gasteiger charge is -2.08. The molecular weight excluding hydrogens is 286 g/mol. The maximum Gasteiger partial charge on any atom is 0.127 e. The van der Waals surface area contributed by atoms with E-state index in [1.165, 1.54) is 0 Å². The summed E-state index contributed by atoms with van der Waals surface area (Å²) in [6.45, 7) is 3.52. The van der Waals surface area contributed by atoms with E-state index in [1.807, 2.05) is 6.07 Å². The molecule has 1 rings (SSSR count). The van der Waals surface area contributed by atoms with Gasteiger partial charge in [-0.05, 0) is 42.5 Å². The maximum absolute atomic E-state index is 7.61. The van der Waals surface area contributed by atoms with Gasteiger partial charge in [-0.15, -0.1) is 0 Å². The van der Waals surface area contributed by atoms with Crippen molar-refractivity contribution >= 4 is 40.0 Å². The quantitative estimate of drug-likeness (QED) is 0.848. The van der Waals surface area contributed by atoms with Gasteiger partial charge < -0.3 is 5.32 Å². The molecule has 1 aromatic rings. The van der Waals surface area contributed by atoms with Crippen LogP contribution >= 0.6 is 34.2 Å². The smallest absolute Gasteiger partial charge is 0.127 e. The summed E-state index contributed by atoms with van der Waals surface area (Å²) < 4.78 is 8.54. The van der Waals surface area contributed by atoms with Crippen LogP contribution < -0.4 is 5.32 Å². The second-order valence-corrected chi connectivity index (χ2v) is 4.18. The first-order valence-corrected chi connectivity index (χ1v) is 4.93. The van der Waals surface area contributed by atoms with Gasteiger partial charge in [-0.1, -0.05) is 11.6 Å². The van der Waals surface area contributed by atoms with Crippen molar-refractivity contribution in [2.24, 2.45) is 0 Å². The normalized spacial score (nSPS) is 12.5. The molecule has 66 valence electrons. The molecule has 4 heteroatoms. The number of nitrogens with one attached hydrogen (secondary N) is 1. The Hall–Kier alpha value is -0.0300. The third-order valence-corrected chi connectivity index (χ3v) is 2.70. The average molecular weight is 298 g/mol. The summed E-state index contributed by atoms with van der Waals surface area (Å²) in [4.78, 5) is 4.06. The summed E-state index contributed by atoms with van der Waals surface area (Å²) in [7, 11) is 0. The summed E-state index contributed by atoms with van der Waals surface area (Å²) in [5.41, 5.74) is 0. The van der Waals surface area contributed by atoms with E-state index in [0.717, 1.165) is 3.57 Å². The first-order valence-electron chi connectivity index (χ1n) is 3.98. The zero-order valence-electron chi connectivity index (χ0n) is 7.86. The van der Waals surface area contributed by atoms with Crippen molar-refractivity contribution < 1.29 is 1.37 Å². The number of halogens is 2. The van der Waals surface area contributed by atoms with Crippen molar-refractivity contribution in [1.82, 2.24) is 4.98 Å². The van der Waals surface area contributed by atoms with E-state index in [4.69, 9.17) is 13.0 Å². The molecule has 0 fully saturated rings. The van der Waals surface area contributed by atoms with Crippen molar-refractivity contribution in [1.29, 1.82) is 0 Å². The van der Waals surface area contributed by atoms with Crippen LogP contribution in [0.5, 0.6) is 0 Å². The van der Waals surface area contributed by atoms with Gasteiger partial charge in [-0.25, -0.2) is 4.98 Å². The van der Waals surface area contributed by atoms with Crippen LogP contribution in [0.4, 0.5) is 5.82 Å². The second-order valence-electron chi connectivity index (χ2n) is 2.61. The largest absolute Gasteiger partial charge is 0.368 e. The van der Waals surface area contributed by atoms with Gasteiger partial charge in [-0.3, -0.25) is 0 Å². The third kappa shape index (κ3) is 2.79. The number of pyridine rings is 1. The van der Waals surface area contributed by atoms with Crippen LogP contribution in [0.2, 0.25) is 5.02 Å². The van der Waals surface area contributed by atoms with Crippen LogP contribution in [-0.2, 0) is 0 Å². The molecule has 0 saturated carbocycles. The monoisotopic (exact) mass is 297 g/mol. The number of nitrogens with zero attached hydrogens (tertiary/aromatic N) is 1. The molecule has 0 aromatic carbocycles. The molecular formula is C8H10ClIN2. The summed E-state index contributed by atoms with van der Waals surface area (Å²) in [6, 6.07) is 1.10. The Bertz CT molecular complexity index is 312. The Kier molecular flexibility index (Phi) is 3.05.